The van der Waals surface area contributed by atoms with Gasteiger partial charge < -0.3 is 4.98 Å². The standard InChI is InChI=1S/C16H10FN5O2/c17-12-3-1-9(5-11(12)7-18)15(23)21-22-16(24)10-2-4-13-14(6-10)20-8-19-13/h1-6,8H,(H,19,20)(H,21,23)(H,22,24). The Morgan fingerprint density at radius 3 is 2.46 bits per heavy atom. The maximum atomic E-state index is 13.2. The van der Waals surface area contributed by atoms with Crippen molar-refractivity contribution < 1.29 is 14.0 Å². The number of H-pyrrole nitrogens is 1. The Hall–Kier alpha value is -3.73. The first-order valence-corrected chi connectivity index (χ1v) is 6.82. The Morgan fingerprint density at radius 2 is 1.75 bits per heavy atom. The summed E-state index contributed by atoms with van der Waals surface area (Å²) in [5.74, 6) is -1.91. The molecule has 3 N–H and O–H groups in total. The summed E-state index contributed by atoms with van der Waals surface area (Å²) in [7, 11) is 0. The lowest BCUT2D eigenvalue weighted by Gasteiger charge is -2.08. The second-order valence-corrected chi connectivity index (χ2v) is 4.85. The molecule has 0 aliphatic rings. The number of rotatable bonds is 2. The van der Waals surface area contributed by atoms with Crippen LogP contribution >= 0.6 is 0 Å². The van der Waals surface area contributed by atoms with E-state index in [1.807, 2.05) is 0 Å². The number of benzene rings is 2. The van der Waals surface area contributed by atoms with Gasteiger partial charge >= 0.3 is 0 Å². The number of amides is 2. The molecule has 0 saturated heterocycles. The summed E-state index contributed by atoms with van der Waals surface area (Å²) in [5.41, 5.74) is 5.98. The number of carbonyl (C=O) groups is 2. The minimum atomic E-state index is -0.717. The summed E-state index contributed by atoms with van der Waals surface area (Å²) < 4.78 is 13.2. The van der Waals surface area contributed by atoms with E-state index >= 15 is 0 Å². The van der Waals surface area contributed by atoms with Crippen LogP contribution in [0.15, 0.2) is 42.7 Å². The number of aromatic nitrogens is 2. The second-order valence-electron chi connectivity index (χ2n) is 4.85. The van der Waals surface area contributed by atoms with Crippen molar-refractivity contribution in [3.63, 3.8) is 0 Å². The summed E-state index contributed by atoms with van der Waals surface area (Å²) in [4.78, 5) is 30.9. The van der Waals surface area contributed by atoms with Crippen LogP contribution in [-0.4, -0.2) is 21.8 Å². The van der Waals surface area contributed by atoms with Gasteiger partial charge in [-0.3, -0.25) is 20.4 Å². The molecule has 2 amide bonds. The van der Waals surface area contributed by atoms with E-state index < -0.39 is 17.6 Å². The minimum absolute atomic E-state index is 0.0519. The molecule has 1 aromatic heterocycles. The van der Waals surface area contributed by atoms with Gasteiger partial charge in [0.25, 0.3) is 11.8 Å². The van der Waals surface area contributed by atoms with E-state index in [4.69, 9.17) is 5.26 Å². The number of nitriles is 1. The zero-order chi connectivity index (χ0) is 17.1. The smallest absolute Gasteiger partial charge is 0.269 e. The minimum Gasteiger partial charge on any atom is -0.345 e. The number of nitrogens with one attached hydrogen (secondary N) is 3. The second kappa shape index (κ2) is 6.18. The first-order valence-electron chi connectivity index (χ1n) is 6.82. The van der Waals surface area contributed by atoms with Crippen molar-refractivity contribution in [2.24, 2.45) is 0 Å². The van der Waals surface area contributed by atoms with Crippen LogP contribution < -0.4 is 10.9 Å². The highest BCUT2D eigenvalue weighted by molar-refractivity contribution is 6.00. The third-order valence-electron chi connectivity index (χ3n) is 3.32. The molecule has 2 aromatic carbocycles. The molecule has 0 bridgehead atoms. The first kappa shape index (κ1) is 15.2. The Kier molecular flexibility index (Phi) is 3.91. The van der Waals surface area contributed by atoms with E-state index in [0.29, 0.717) is 11.1 Å². The van der Waals surface area contributed by atoms with Crippen LogP contribution in [0.1, 0.15) is 26.3 Å². The van der Waals surface area contributed by atoms with E-state index in [1.54, 1.807) is 24.3 Å². The molecule has 24 heavy (non-hydrogen) atoms. The zero-order valence-electron chi connectivity index (χ0n) is 12.1. The van der Waals surface area contributed by atoms with E-state index in [0.717, 1.165) is 17.6 Å². The number of fused-ring (bicyclic) bond motifs is 1. The van der Waals surface area contributed by atoms with Crippen molar-refractivity contribution in [1.29, 1.82) is 5.26 Å². The number of imidazole rings is 1. The quantitative estimate of drug-likeness (QED) is 0.623. The highest BCUT2D eigenvalue weighted by atomic mass is 19.1. The van der Waals surface area contributed by atoms with Gasteiger partial charge in [0.2, 0.25) is 0 Å². The normalized spacial score (nSPS) is 10.2. The van der Waals surface area contributed by atoms with Crippen LogP contribution in [0.3, 0.4) is 0 Å². The molecule has 0 spiro atoms. The number of aromatic amines is 1. The molecular weight excluding hydrogens is 313 g/mol. The van der Waals surface area contributed by atoms with Gasteiger partial charge in [0.1, 0.15) is 11.9 Å². The van der Waals surface area contributed by atoms with E-state index in [1.165, 1.54) is 12.4 Å². The van der Waals surface area contributed by atoms with Crippen molar-refractivity contribution >= 4 is 22.8 Å². The molecule has 1 heterocycles. The van der Waals surface area contributed by atoms with E-state index in [9.17, 15) is 14.0 Å². The molecule has 7 nitrogen and oxygen atoms in total. The van der Waals surface area contributed by atoms with Gasteiger partial charge in [0.15, 0.2) is 0 Å². The van der Waals surface area contributed by atoms with Crippen molar-refractivity contribution in [2.75, 3.05) is 0 Å². The summed E-state index contributed by atoms with van der Waals surface area (Å²) in [6.45, 7) is 0. The van der Waals surface area contributed by atoms with Crippen LogP contribution in [0.5, 0.6) is 0 Å². The van der Waals surface area contributed by atoms with Gasteiger partial charge in [0, 0.05) is 11.1 Å². The van der Waals surface area contributed by atoms with E-state index in [2.05, 4.69) is 20.8 Å². The van der Waals surface area contributed by atoms with Crippen LogP contribution in [0, 0.1) is 17.1 Å². The molecule has 3 rings (SSSR count). The molecule has 0 aliphatic heterocycles. The lowest BCUT2D eigenvalue weighted by atomic mass is 10.1. The molecule has 0 radical (unpaired) electrons. The predicted molar refractivity (Wildman–Crippen MR) is 82.1 cm³/mol. The van der Waals surface area contributed by atoms with Gasteiger partial charge in [0.05, 0.1) is 22.9 Å². The van der Waals surface area contributed by atoms with Crippen LogP contribution in [0.4, 0.5) is 4.39 Å². The molecule has 0 saturated carbocycles. The maximum Gasteiger partial charge on any atom is 0.269 e. The van der Waals surface area contributed by atoms with Gasteiger partial charge in [-0.1, -0.05) is 0 Å². The van der Waals surface area contributed by atoms with Gasteiger partial charge in [-0.2, -0.15) is 5.26 Å². The SMILES string of the molecule is N#Cc1cc(C(=O)NNC(=O)c2ccc3[nH]cnc3c2)ccc1F. The molecule has 0 atom stereocenters. The lowest BCUT2D eigenvalue weighted by molar-refractivity contribution is 0.0846. The topological polar surface area (TPSA) is 111 Å². The average molecular weight is 323 g/mol. The Morgan fingerprint density at radius 1 is 1.08 bits per heavy atom. The van der Waals surface area contributed by atoms with Gasteiger partial charge in [-0.15, -0.1) is 0 Å². The fourth-order valence-corrected chi connectivity index (χ4v) is 2.08. The molecule has 3 aromatic rings. The van der Waals surface area contributed by atoms with Crippen LogP contribution in [0.2, 0.25) is 0 Å². The maximum absolute atomic E-state index is 13.2. The number of hydrazine groups is 1. The predicted octanol–water partition coefficient (Wildman–Crippen LogP) is 1.65. The van der Waals surface area contributed by atoms with Crippen LogP contribution in [-0.2, 0) is 0 Å². The Bertz CT molecular complexity index is 990. The van der Waals surface area contributed by atoms with Gasteiger partial charge in [-0.25, -0.2) is 9.37 Å². The first-order chi connectivity index (χ1) is 11.6. The lowest BCUT2D eigenvalue weighted by Crippen LogP contribution is -2.41. The zero-order valence-corrected chi connectivity index (χ0v) is 12.1. The summed E-state index contributed by atoms with van der Waals surface area (Å²) >= 11 is 0. The number of halogens is 1. The third kappa shape index (κ3) is 2.91. The highest BCUT2D eigenvalue weighted by Gasteiger charge is 2.12. The molecule has 0 fully saturated rings. The molecule has 8 heteroatoms. The fraction of sp³-hybridized carbons (Fsp3) is 0. The summed E-state index contributed by atoms with van der Waals surface area (Å²) in [6, 6.07) is 9.82. The van der Waals surface area contributed by atoms with Crippen LogP contribution in [0.25, 0.3) is 11.0 Å². The third-order valence-corrected chi connectivity index (χ3v) is 3.32. The van der Waals surface area contributed by atoms with Crippen molar-refractivity contribution in [3.8, 4) is 6.07 Å². The molecule has 0 unspecified atom stereocenters. The molecule has 0 aliphatic carbocycles. The van der Waals surface area contributed by atoms with Gasteiger partial charge in [-0.05, 0) is 36.4 Å². The Labute approximate surface area is 135 Å². The van der Waals surface area contributed by atoms with Crippen molar-refractivity contribution in [3.05, 3.63) is 65.2 Å². The number of carbonyl (C=O) groups excluding carboxylic acids is 2. The summed E-state index contributed by atoms with van der Waals surface area (Å²) in [6.07, 6.45) is 1.51. The van der Waals surface area contributed by atoms with Crippen molar-refractivity contribution in [1.82, 2.24) is 20.8 Å². The Balaban J connectivity index is 1.69. The van der Waals surface area contributed by atoms with E-state index in [-0.39, 0.29) is 11.1 Å². The average Bonchev–Trinajstić information content (AvgIpc) is 3.07. The fourth-order valence-electron chi connectivity index (χ4n) is 2.08. The number of nitrogens with zero attached hydrogens (tertiary/aromatic N) is 2. The largest absolute Gasteiger partial charge is 0.345 e. The summed E-state index contributed by atoms with van der Waals surface area (Å²) in [5, 5.41) is 8.76. The molecular formula is C16H10FN5O2. The molecule has 118 valence electrons. The number of hydrogen-bond donors (Lipinski definition) is 3. The highest BCUT2D eigenvalue weighted by Crippen LogP contribution is 2.12. The number of hydrogen-bond acceptors (Lipinski definition) is 4. The monoisotopic (exact) mass is 323 g/mol. The van der Waals surface area contributed by atoms with Crippen molar-refractivity contribution in [2.45, 2.75) is 0 Å².